The molecule has 2 rings (SSSR count). The van der Waals surface area contributed by atoms with Crippen molar-refractivity contribution in [2.24, 2.45) is 0 Å². The number of aryl methyl sites for hydroxylation is 2. The smallest absolute Gasteiger partial charge is 0.0798 e. The van der Waals surface area contributed by atoms with Crippen LogP contribution in [0, 0.1) is 13.8 Å². The highest BCUT2D eigenvalue weighted by Crippen LogP contribution is 2.18. The van der Waals surface area contributed by atoms with Gasteiger partial charge in [-0.15, -0.1) is 11.3 Å². The van der Waals surface area contributed by atoms with E-state index in [2.05, 4.69) is 58.3 Å². The van der Waals surface area contributed by atoms with E-state index in [0.717, 1.165) is 18.8 Å². The fourth-order valence-electron chi connectivity index (χ4n) is 1.60. The third-order valence-corrected chi connectivity index (χ3v) is 4.33. The fourth-order valence-corrected chi connectivity index (χ4v) is 2.98. The van der Waals surface area contributed by atoms with Gasteiger partial charge in [0, 0.05) is 22.4 Å². The monoisotopic (exact) mass is 310 g/mol. The van der Waals surface area contributed by atoms with Crippen LogP contribution >= 0.6 is 27.3 Å². The number of thiazole rings is 1. The van der Waals surface area contributed by atoms with Gasteiger partial charge >= 0.3 is 0 Å². The number of aromatic nitrogens is 1. The van der Waals surface area contributed by atoms with Crippen LogP contribution in [0.5, 0.6) is 0 Å². The van der Waals surface area contributed by atoms with Gasteiger partial charge in [0.15, 0.2) is 0 Å². The van der Waals surface area contributed by atoms with Crippen molar-refractivity contribution in [1.82, 2.24) is 10.3 Å². The van der Waals surface area contributed by atoms with Crippen molar-refractivity contribution in [3.63, 3.8) is 0 Å². The zero-order valence-corrected chi connectivity index (χ0v) is 12.4. The molecule has 0 fully saturated rings. The molecular formula is C13H15BrN2S. The predicted octanol–water partition coefficient (Wildman–Crippen LogP) is 3.81. The maximum Gasteiger partial charge on any atom is 0.0798 e. The molecule has 0 aliphatic rings. The Morgan fingerprint density at radius 1 is 1.29 bits per heavy atom. The van der Waals surface area contributed by atoms with Crippen LogP contribution in [0.15, 0.2) is 28.2 Å². The zero-order valence-electron chi connectivity index (χ0n) is 9.96. The standard InChI is InChI=1S/C13H15BrN2S/c1-9-3-4-11(12(14)5-9)6-15-7-13-10(2)16-8-17-13/h3-5,8,15H,6-7H2,1-2H3. The summed E-state index contributed by atoms with van der Waals surface area (Å²) in [5, 5.41) is 3.45. The second-order valence-electron chi connectivity index (χ2n) is 4.06. The van der Waals surface area contributed by atoms with Crippen molar-refractivity contribution in [2.45, 2.75) is 26.9 Å². The number of nitrogens with zero attached hydrogens (tertiary/aromatic N) is 1. The van der Waals surface area contributed by atoms with Crippen molar-refractivity contribution in [2.75, 3.05) is 0 Å². The molecule has 0 radical (unpaired) electrons. The van der Waals surface area contributed by atoms with E-state index < -0.39 is 0 Å². The van der Waals surface area contributed by atoms with Crippen LogP contribution in [-0.2, 0) is 13.1 Å². The van der Waals surface area contributed by atoms with E-state index in [0.29, 0.717) is 0 Å². The maximum absolute atomic E-state index is 4.24. The second kappa shape index (κ2) is 5.76. The normalized spacial score (nSPS) is 10.8. The first-order chi connectivity index (χ1) is 8.16. The highest BCUT2D eigenvalue weighted by Gasteiger charge is 2.02. The third-order valence-electron chi connectivity index (χ3n) is 2.65. The molecule has 0 unspecified atom stereocenters. The van der Waals surface area contributed by atoms with Crippen molar-refractivity contribution in [1.29, 1.82) is 0 Å². The lowest BCUT2D eigenvalue weighted by Gasteiger charge is -2.07. The molecule has 1 heterocycles. The largest absolute Gasteiger partial charge is 0.308 e. The number of hydrogen-bond acceptors (Lipinski definition) is 3. The first-order valence-electron chi connectivity index (χ1n) is 5.51. The fraction of sp³-hybridized carbons (Fsp3) is 0.308. The molecule has 0 amide bonds. The number of halogens is 1. The first-order valence-corrected chi connectivity index (χ1v) is 7.19. The SMILES string of the molecule is Cc1ccc(CNCc2scnc2C)c(Br)c1. The average Bonchev–Trinajstić information content (AvgIpc) is 2.68. The van der Waals surface area contributed by atoms with E-state index in [-0.39, 0.29) is 0 Å². The van der Waals surface area contributed by atoms with Crippen LogP contribution in [0.1, 0.15) is 21.7 Å². The van der Waals surface area contributed by atoms with Crippen molar-refractivity contribution >= 4 is 27.3 Å². The molecule has 0 aliphatic carbocycles. The van der Waals surface area contributed by atoms with Gasteiger partial charge in [0.25, 0.3) is 0 Å². The second-order valence-corrected chi connectivity index (χ2v) is 5.85. The van der Waals surface area contributed by atoms with Crippen LogP contribution in [0.3, 0.4) is 0 Å². The number of nitrogens with one attached hydrogen (secondary N) is 1. The highest BCUT2D eigenvalue weighted by molar-refractivity contribution is 9.10. The lowest BCUT2D eigenvalue weighted by molar-refractivity contribution is 0.695. The van der Waals surface area contributed by atoms with Crippen molar-refractivity contribution < 1.29 is 0 Å². The van der Waals surface area contributed by atoms with Gasteiger partial charge in [0.2, 0.25) is 0 Å². The minimum Gasteiger partial charge on any atom is -0.308 e. The Morgan fingerprint density at radius 3 is 2.76 bits per heavy atom. The van der Waals surface area contributed by atoms with Crippen LogP contribution in [0.25, 0.3) is 0 Å². The summed E-state index contributed by atoms with van der Waals surface area (Å²) in [6.45, 7) is 5.91. The van der Waals surface area contributed by atoms with Gasteiger partial charge in [0.1, 0.15) is 0 Å². The molecule has 17 heavy (non-hydrogen) atoms. The summed E-state index contributed by atoms with van der Waals surface area (Å²) in [6, 6.07) is 6.45. The molecule has 0 aliphatic heterocycles. The molecule has 90 valence electrons. The highest BCUT2D eigenvalue weighted by atomic mass is 79.9. The summed E-state index contributed by atoms with van der Waals surface area (Å²) in [6.07, 6.45) is 0. The molecule has 4 heteroatoms. The molecule has 1 aromatic carbocycles. The molecule has 0 saturated heterocycles. The van der Waals surface area contributed by atoms with Gasteiger partial charge in [-0.1, -0.05) is 28.1 Å². The van der Waals surface area contributed by atoms with E-state index in [1.165, 1.54) is 20.5 Å². The Balaban J connectivity index is 1.92. The van der Waals surface area contributed by atoms with Crippen LogP contribution in [0.4, 0.5) is 0 Å². The number of hydrogen-bond donors (Lipinski definition) is 1. The van der Waals surface area contributed by atoms with Crippen LogP contribution in [-0.4, -0.2) is 4.98 Å². The molecule has 1 N–H and O–H groups in total. The Morgan fingerprint density at radius 2 is 2.12 bits per heavy atom. The van der Waals surface area contributed by atoms with E-state index in [1.807, 2.05) is 5.51 Å². The summed E-state index contributed by atoms with van der Waals surface area (Å²) in [4.78, 5) is 5.55. The van der Waals surface area contributed by atoms with Gasteiger partial charge in [-0.25, -0.2) is 4.98 Å². The minimum absolute atomic E-state index is 0.873. The van der Waals surface area contributed by atoms with E-state index in [4.69, 9.17) is 0 Å². The molecule has 0 spiro atoms. The van der Waals surface area contributed by atoms with E-state index >= 15 is 0 Å². The Kier molecular flexibility index (Phi) is 4.31. The van der Waals surface area contributed by atoms with Gasteiger partial charge in [-0.3, -0.25) is 0 Å². The van der Waals surface area contributed by atoms with Crippen LogP contribution in [0.2, 0.25) is 0 Å². The number of benzene rings is 1. The maximum atomic E-state index is 4.24. The third kappa shape index (κ3) is 3.37. The Labute approximate surface area is 114 Å². The average molecular weight is 311 g/mol. The van der Waals surface area contributed by atoms with Gasteiger partial charge in [0.05, 0.1) is 11.2 Å². The van der Waals surface area contributed by atoms with Crippen molar-refractivity contribution in [3.8, 4) is 0 Å². The number of rotatable bonds is 4. The summed E-state index contributed by atoms with van der Waals surface area (Å²) in [7, 11) is 0. The molecule has 1 aromatic heterocycles. The van der Waals surface area contributed by atoms with Gasteiger partial charge < -0.3 is 5.32 Å². The summed E-state index contributed by atoms with van der Waals surface area (Å²) in [5.74, 6) is 0. The van der Waals surface area contributed by atoms with Crippen LogP contribution < -0.4 is 5.32 Å². The molecule has 0 atom stereocenters. The molecule has 2 nitrogen and oxygen atoms in total. The predicted molar refractivity (Wildman–Crippen MR) is 76.3 cm³/mol. The van der Waals surface area contributed by atoms with E-state index in [1.54, 1.807) is 11.3 Å². The lowest BCUT2D eigenvalue weighted by atomic mass is 10.1. The van der Waals surface area contributed by atoms with Gasteiger partial charge in [-0.05, 0) is 31.0 Å². The molecule has 2 aromatic rings. The zero-order chi connectivity index (χ0) is 12.3. The van der Waals surface area contributed by atoms with Gasteiger partial charge in [-0.2, -0.15) is 0 Å². The summed E-state index contributed by atoms with van der Waals surface area (Å²) in [5.41, 5.74) is 5.59. The quantitative estimate of drug-likeness (QED) is 0.928. The topological polar surface area (TPSA) is 24.9 Å². The summed E-state index contributed by atoms with van der Waals surface area (Å²) >= 11 is 5.30. The molecule has 0 bridgehead atoms. The van der Waals surface area contributed by atoms with E-state index in [9.17, 15) is 0 Å². The van der Waals surface area contributed by atoms with Crippen molar-refractivity contribution in [3.05, 3.63) is 49.9 Å². The Hall–Kier alpha value is -0.710. The molecule has 0 saturated carbocycles. The first kappa shape index (κ1) is 12.7. The summed E-state index contributed by atoms with van der Waals surface area (Å²) < 4.78 is 1.17. The Bertz CT molecular complexity index is 508. The molecular weight excluding hydrogens is 296 g/mol. The minimum atomic E-state index is 0.873. The lowest BCUT2D eigenvalue weighted by Crippen LogP contribution is -2.12.